The van der Waals surface area contributed by atoms with E-state index in [4.69, 9.17) is 0 Å². The van der Waals surface area contributed by atoms with Crippen molar-refractivity contribution in [3.8, 4) is 0 Å². The lowest BCUT2D eigenvalue weighted by Gasteiger charge is -2.19. The van der Waals surface area contributed by atoms with E-state index in [0.717, 1.165) is 21.9 Å². The molecule has 0 fully saturated rings. The first kappa shape index (κ1) is 19.6. The number of aliphatic carboxylic acids is 1. The lowest BCUT2D eigenvalue weighted by Crippen LogP contribution is -2.42. The SMILES string of the molecule is CC(C)(C)c1ccc(C(=O)N[C@H](Cc2ccc3ccccc3c2)C(=O)O)cc1. The predicted octanol–water partition coefficient (Wildman–Crippen LogP) is 4.56. The first-order valence-electron chi connectivity index (χ1n) is 9.36. The molecule has 2 N–H and O–H groups in total. The van der Waals surface area contributed by atoms with Gasteiger partial charge in [0.15, 0.2) is 0 Å². The Morgan fingerprint density at radius 3 is 2.18 bits per heavy atom. The van der Waals surface area contributed by atoms with E-state index in [-0.39, 0.29) is 17.7 Å². The lowest BCUT2D eigenvalue weighted by molar-refractivity contribution is -0.139. The fourth-order valence-electron chi connectivity index (χ4n) is 3.16. The second kappa shape index (κ2) is 7.85. The van der Waals surface area contributed by atoms with Crippen molar-refractivity contribution in [2.75, 3.05) is 0 Å². The molecule has 3 rings (SSSR count). The molecular weight excluding hydrogens is 350 g/mol. The van der Waals surface area contributed by atoms with Crippen molar-refractivity contribution < 1.29 is 14.7 Å². The Kier molecular flexibility index (Phi) is 5.50. The molecule has 1 amide bonds. The van der Waals surface area contributed by atoms with E-state index in [1.165, 1.54) is 0 Å². The standard InChI is InChI=1S/C24H25NO3/c1-24(2,3)20-12-10-18(11-13-20)22(26)25-21(23(27)28)15-16-8-9-17-6-4-5-7-19(17)14-16/h4-14,21H,15H2,1-3H3,(H,25,26)(H,27,28)/t21-/m1/s1. The van der Waals surface area contributed by atoms with Gasteiger partial charge in [0.05, 0.1) is 0 Å². The van der Waals surface area contributed by atoms with E-state index in [1.807, 2.05) is 54.6 Å². The maximum absolute atomic E-state index is 12.5. The van der Waals surface area contributed by atoms with E-state index < -0.39 is 12.0 Å². The molecule has 0 aliphatic rings. The normalized spacial score (nSPS) is 12.5. The summed E-state index contributed by atoms with van der Waals surface area (Å²) < 4.78 is 0. The molecule has 0 aliphatic carbocycles. The Hall–Kier alpha value is -3.14. The van der Waals surface area contributed by atoms with Crippen LogP contribution in [-0.2, 0) is 16.6 Å². The summed E-state index contributed by atoms with van der Waals surface area (Å²) in [4.78, 5) is 24.3. The van der Waals surface area contributed by atoms with Crippen LogP contribution < -0.4 is 5.32 Å². The second-order valence-corrected chi connectivity index (χ2v) is 8.08. The number of carboxylic acid groups (broad SMARTS) is 1. The number of carboxylic acids is 1. The number of hydrogen-bond acceptors (Lipinski definition) is 2. The van der Waals surface area contributed by atoms with Gasteiger partial charge in [0.1, 0.15) is 6.04 Å². The van der Waals surface area contributed by atoms with Crippen molar-refractivity contribution in [3.63, 3.8) is 0 Å². The van der Waals surface area contributed by atoms with Gasteiger partial charge in [0.25, 0.3) is 5.91 Å². The first-order chi connectivity index (χ1) is 13.2. The Morgan fingerprint density at radius 2 is 1.57 bits per heavy atom. The summed E-state index contributed by atoms with van der Waals surface area (Å²) in [6.07, 6.45) is 0.228. The molecule has 144 valence electrons. The van der Waals surface area contributed by atoms with Crippen LogP contribution in [0.5, 0.6) is 0 Å². The maximum Gasteiger partial charge on any atom is 0.326 e. The van der Waals surface area contributed by atoms with Crippen molar-refractivity contribution in [2.45, 2.75) is 38.6 Å². The Morgan fingerprint density at radius 1 is 0.929 bits per heavy atom. The van der Waals surface area contributed by atoms with Crippen LogP contribution in [0, 0.1) is 0 Å². The fraction of sp³-hybridized carbons (Fsp3) is 0.250. The van der Waals surface area contributed by atoms with Crippen LogP contribution in [-0.4, -0.2) is 23.0 Å². The Labute approximate surface area is 165 Å². The van der Waals surface area contributed by atoms with Crippen molar-refractivity contribution in [3.05, 3.63) is 83.4 Å². The lowest BCUT2D eigenvalue weighted by atomic mass is 9.86. The highest BCUT2D eigenvalue weighted by molar-refractivity contribution is 5.96. The van der Waals surface area contributed by atoms with Gasteiger partial charge in [-0.15, -0.1) is 0 Å². The summed E-state index contributed by atoms with van der Waals surface area (Å²) in [6, 6.07) is 20.1. The van der Waals surface area contributed by atoms with Gasteiger partial charge < -0.3 is 10.4 Å². The molecule has 0 aliphatic heterocycles. The first-order valence-corrected chi connectivity index (χ1v) is 9.36. The van der Waals surface area contributed by atoms with Gasteiger partial charge in [-0.1, -0.05) is 75.4 Å². The molecule has 0 unspecified atom stereocenters. The van der Waals surface area contributed by atoms with Gasteiger partial charge in [-0.3, -0.25) is 4.79 Å². The highest BCUT2D eigenvalue weighted by Gasteiger charge is 2.22. The van der Waals surface area contributed by atoms with Crippen LogP contribution in [0.2, 0.25) is 0 Å². The van der Waals surface area contributed by atoms with Crippen molar-refractivity contribution >= 4 is 22.6 Å². The quantitative estimate of drug-likeness (QED) is 0.687. The average Bonchev–Trinajstić information content (AvgIpc) is 2.66. The zero-order chi connectivity index (χ0) is 20.3. The van der Waals surface area contributed by atoms with Gasteiger partial charge in [-0.2, -0.15) is 0 Å². The monoisotopic (exact) mass is 375 g/mol. The van der Waals surface area contributed by atoms with Gasteiger partial charge in [0, 0.05) is 12.0 Å². The molecule has 4 heteroatoms. The van der Waals surface area contributed by atoms with Crippen LogP contribution >= 0.6 is 0 Å². The number of rotatable bonds is 5. The highest BCUT2D eigenvalue weighted by atomic mass is 16.4. The zero-order valence-corrected chi connectivity index (χ0v) is 16.4. The number of nitrogens with one attached hydrogen (secondary N) is 1. The second-order valence-electron chi connectivity index (χ2n) is 8.08. The third-order valence-electron chi connectivity index (χ3n) is 4.87. The number of carbonyl (C=O) groups excluding carboxylic acids is 1. The van der Waals surface area contributed by atoms with Crippen LogP contribution in [0.15, 0.2) is 66.7 Å². The summed E-state index contributed by atoms with van der Waals surface area (Å²) in [5, 5.41) is 14.4. The minimum absolute atomic E-state index is 0.00527. The fourth-order valence-corrected chi connectivity index (χ4v) is 3.16. The number of amides is 1. The van der Waals surface area contributed by atoms with E-state index in [9.17, 15) is 14.7 Å². The predicted molar refractivity (Wildman–Crippen MR) is 112 cm³/mol. The van der Waals surface area contributed by atoms with Gasteiger partial charge in [0.2, 0.25) is 0 Å². The summed E-state index contributed by atoms with van der Waals surface area (Å²) in [5.41, 5.74) is 2.44. The molecule has 0 spiro atoms. The van der Waals surface area contributed by atoms with E-state index in [2.05, 4.69) is 26.1 Å². The van der Waals surface area contributed by atoms with Crippen molar-refractivity contribution in [1.29, 1.82) is 0 Å². The molecule has 3 aromatic rings. The zero-order valence-electron chi connectivity index (χ0n) is 16.4. The van der Waals surface area contributed by atoms with Crippen LogP contribution in [0.3, 0.4) is 0 Å². The molecule has 0 heterocycles. The molecule has 0 saturated carbocycles. The van der Waals surface area contributed by atoms with Crippen LogP contribution in [0.1, 0.15) is 42.3 Å². The van der Waals surface area contributed by atoms with Crippen LogP contribution in [0.25, 0.3) is 10.8 Å². The summed E-state index contributed by atoms with van der Waals surface area (Å²) in [6.45, 7) is 6.31. The molecule has 1 atom stereocenters. The van der Waals surface area contributed by atoms with Gasteiger partial charge in [-0.05, 0) is 39.4 Å². The third-order valence-corrected chi connectivity index (χ3v) is 4.87. The third kappa shape index (κ3) is 4.58. The number of fused-ring (bicyclic) bond motifs is 1. The Balaban J connectivity index is 1.75. The molecule has 0 saturated heterocycles. The summed E-state index contributed by atoms with van der Waals surface area (Å²) in [7, 11) is 0. The van der Waals surface area contributed by atoms with E-state index in [0.29, 0.717) is 5.56 Å². The summed E-state index contributed by atoms with van der Waals surface area (Å²) in [5.74, 6) is -1.43. The molecule has 0 radical (unpaired) electrons. The molecular formula is C24H25NO3. The molecule has 0 bridgehead atoms. The smallest absolute Gasteiger partial charge is 0.326 e. The highest BCUT2D eigenvalue weighted by Crippen LogP contribution is 2.22. The van der Waals surface area contributed by atoms with Crippen LogP contribution in [0.4, 0.5) is 0 Å². The van der Waals surface area contributed by atoms with Gasteiger partial charge in [-0.25, -0.2) is 4.79 Å². The number of hydrogen-bond donors (Lipinski definition) is 2. The molecule has 3 aromatic carbocycles. The Bertz CT molecular complexity index is 1000. The molecule has 4 nitrogen and oxygen atoms in total. The number of carbonyl (C=O) groups is 2. The summed E-state index contributed by atoms with van der Waals surface area (Å²) >= 11 is 0. The molecule has 28 heavy (non-hydrogen) atoms. The molecule has 0 aromatic heterocycles. The van der Waals surface area contributed by atoms with Crippen molar-refractivity contribution in [2.24, 2.45) is 0 Å². The average molecular weight is 375 g/mol. The van der Waals surface area contributed by atoms with E-state index >= 15 is 0 Å². The minimum Gasteiger partial charge on any atom is -0.480 e. The maximum atomic E-state index is 12.5. The largest absolute Gasteiger partial charge is 0.480 e. The van der Waals surface area contributed by atoms with Gasteiger partial charge >= 0.3 is 5.97 Å². The van der Waals surface area contributed by atoms with Crippen molar-refractivity contribution in [1.82, 2.24) is 5.32 Å². The topological polar surface area (TPSA) is 66.4 Å². The number of benzene rings is 3. The van der Waals surface area contributed by atoms with E-state index in [1.54, 1.807) is 12.1 Å². The minimum atomic E-state index is -1.05.